The lowest BCUT2D eigenvalue weighted by atomic mass is 10.2. The van der Waals surface area contributed by atoms with Gasteiger partial charge in [0.25, 0.3) is 0 Å². The Labute approximate surface area is 135 Å². The molecule has 1 aromatic heterocycles. The van der Waals surface area contributed by atoms with Gasteiger partial charge in [0.1, 0.15) is 10.9 Å². The Morgan fingerprint density at radius 2 is 2.27 bits per heavy atom. The molecule has 118 valence electrons. The van der Waals surface area contributed by atoms with E-state index in [-0.39, 0.29) is 28.1 Å². The van der Waals surface area contributed by atoms with Crippen molar-refractivity contribution >= 4 is 40.9 Å². The summed E-state index contributed by atoms with van der Waals surface area (Å²) in [6.45, 7) is 2.30. The molecule has 0 bridgehead atoms. The molecule has 0 saturated carbocycles. The third-order valence-electron chi connectivity index (χ3n) is 4.06. The number of aromatic carboxylic acids is 1. The highest BCUT2D eigenvalue weighted by Crippen LogP contribution is 2.47. The second-order valence-corrected chi connectivity index (χ2v) is 8.22. The number of carboxylic acids is 1. The molecule has 2 unspecified atom stereocenters. The van der Waals surface area contributed by atoms with Crippen molar-refractivity contribution in [1.82, 2.24) is 10.2 Å². The highest BCUT2D eigenvalue weighted by molar-refractivity contribution is 8.01. The van der Waals surface area contributed by atoms with E-state index in [9.17, 15) is 14.4 Å². The summed E-state index contributed by atoms with van der Waals surface area (Å²) in [5.41, 5.74) is 0. The van der Waals surface area contributed by atoms with Gasteiger partial charge in [-0.3, -0.25) is 9.59 Å². The van der Waals surface area contributed by atoms with E-state index in [4.69, 9.17) is 5.11 Å². The minimum Gasteiger partial charge on any atom is -0.477 e. The summed E-state index contributed by atoms with van der Waals surface area (Å²) in [6.07, 6.45) is 1.29. The second-order valence-electron chi connectivity index (χ2n) is 5.55. The summed E-state index contributed by atoms with van der Waals surface area (Å²) in [6, 6.07) is 2.80. The number of rotatable bonds is 4. The molecular formula is C14H16N2O4S2. The van der Waals surface area contributed by atoms with Crippen LogP contribution in [0.25, 0.3) is 0 Å². The van der Waals surface area contributed by atoms with Gasteiger partial charge >= 0.3 is 5.97 Å². The predicted octanol–water partition coefficient (Wildman–Crippen LogP) is 1.52. The molecule has 0 aliphatic carbocycles. The number of hydrogen-bond donors (Lipinski definition) is 2. The first kappa shape index (κ1) is 15.4. The maximum Gasteiger partial charge on any atom is 0.345 e. The van der Waals surface area contributed by atoms with Crippen LogP contribution in [0, 0.1) is 0 Å². The minimum absolute atomic E-state index is 0.0388. The lowest BCUT2D eigenvalue weighted by Gasteiger charge is -2.29. The van der Waals surface area contributed by atoms with E-state index in [1.54, 1.807) is 22.7 Å². The number of carbonyl (C=O) groups excluding carboxylic acids is 2. The van der Waals surface area contributed by atoms with Gasteiger partial charge in [0, 0.05) is 17.1 Å². The standard InChI is InChI=1S/C14H16N2O4S2/c1-14-5-4-11(17)16(14)9(7-21-14)12(18)15-6-8-2-3-10(22-8)13(19)20/h2-3,9H,4-7H2,1H3,(H,15,18)(H,19,20). The van der Waals surface area contributed by atoms with Crippen LogP contribution in [0.1, 0.15) is 34.3 Å². The van der Waals surface area contributed by atoms with Crippen LogP contribution in [0.3, 0.4) is 0 Å². The van der Waals surface area contributed by atoms with Crippen molar-refractivity contribution in [1.29, 1.82) is 0 Å². The van der Waals surface area contributed by atoms with E-state index < -0.39 is 12.0 Å². The van der Waals surface area contributed by atoms with Crippen LogP contribution in [0.15, 0.2) is 12.1 Å². The summed E-state index contributed by atoms with van der Waals surface area (Å²) in [5, 5.41) is 11.7. The van der Waals surface area contributed by atoms with Gasteiger partial charge in [0.15, 0.2) is 0 Å². The molecule has 0 spiro atoms. The molecule has 8 heteroatoms. The fraction of sp³-hybridized carbons (Fsp3) is 0.500. The number of fused-ring (bicyclic) bond motifs is 1. The van der Waals surface area contributed by atoms with Crippen LogP contribution >= 0.6 is 23.1 Å². The SMILES string of the molecule is CC12CCC(=O)N1C(C(=O)NCc1ccc(C(=O)O)s1)CS2. The molecule has 0 radical (unpaired) electrons. The average molecular weight is 340 g/mol. The smallest absolute Gasteiger partial charge is 0.345 e. The van der Waals surface area contributed by atoms with Gasteiger partial charge in [0.05, 0.1) is 11.4 Å². The summed E-state index contributed by atoms with van der Waals surface area (Å²) >= 11 is 2.80. The van der Waals surface area contributed by atoms with Crippen LogP contribution in [0.4, 0.5) is 0 Å². The number of thioether (sulfide) groups is 1. The summed E-state index contributed by atoms with van der Waals surface area (Å²) in [4.78, 5) is 37.7. The van der Waals surface area contributed by atoms with Crippen molar-refractivity contribution in [2.75, 3.05) is 5.75 Å². The molecule has 2 fully saturated rings. The molecular weight excluding hydrogens is 324 g/mol. The first-order valence-electron chi connectivity index (χ1n) is 6.96. The number of amides is 2. The molecule has 2 saturated heterocycles. The molecule has 3 rings (SSSR count). The normalized spacial score (nSPS) is 27.0. The van der Waals surface area contributed by atoms with Crippen molar-refractivity contribution < 1.29 is 19.5 Å². The van der Waals surface area contributed by atoms with E-state index in [1.165, 1.54) is 6.07 Å². The minimum atomic E-state index is -0.965. The molecule has 22 heavy (non-hydrogen) atoms. The third-order valence-corrected chi connectivity index (χ3v) is 6.64. The topological polar surface area (TPSA) is 86.7 Å². The van der Waals surface area contributed by atoms with Crippen LogP contribution in [-0.2, 0) is 16.1 Å². The first-order valence-corrected chi connectivity index (χ1v) is 8.77. The van der Waals surface area contributed by atoms with E-state index >= 15 is 0 Å². The van der Waals surface area contributed by atoms with Crippen LogP contribution < -0.4 is 5.32 Å². The molecule has 3 heterocycles. The van der Waals surface area contributed by atoms with Crippen LogP contribution in [0.5, 0.6) is 0 Å². The zero-order valence-electron chi connectivity index (χ0n) is 12.0. The monoisotopic (exact) mass is 340 g/mol. The lowest BCUT2D eigenvalue weighted by molar-refractivity contribution is -0.138. The number of nitrogens with zero attached hydrogens (tertiary/aromatic N) is 1. The number of hydrogen-bond acceptors (Lipinski definition) is 5. The largest absolute Gasteiger partial charge is 0.477 e. The van der Waals surface area contributed by atoms with Gasteiger partial charge in [-0.25, -0.2) is 4.79 Å². The van der Waals surface area contributed by atoms with Crippen LogP contribution in [-0.4, -0.2) is 44.5 Å². The Balaban J connectivity index is 1.62. The number of carboxylic acid groups (broad SMARTS) is 1. The highest BCUT2D eigenvalue weighted by Gasteiger charge is 2.52. The van der Waals surface area contributed by atoms with Crippen LogP contribution in [0.2, 0.25) is 0 Å². The molecule has 2 atom stereocenters. The Morgan fingerprint density at radius 1 is 1.50 bits per heavy atom. The molecule has 6 nitrogen and oxygen atoms in total. The summed E-state index contributed by atoms with van der Waals surface area (Å²) in [7, 11) is 0. The van der Waals surface area contributed by atoms with Crippen molar-refractivity contribution in [3.05, 3.63) is 21.9 Å². The van der Waals surface area contributed by atoms with Gasteiger partial charge in [0.2, 0.25) is 11.8 Å². The van der Waals surface area contributed by atoms with Crippen molar-refractivity contribution in [3.63, 3.8) is 0 Å². The Kier molecular flexibility index (Phi) is 3.90. The van der Waals surface area contributed by atoms with E-state index in [0.29, 0.717) is 12.2 Å². The van der Waals surface area contributed by atoms with Crippen molar-refractivity contribution in [3.8, 4) is 0 Å². The number of carbonyl (C=O) groups is 3. The lowest BCUT2D eigenvalue weighted by Crippen LogP contribution is -2.49. The zero-order valence-corrected chi connectivity index (χ0v) is 13.6. The highest BCUT2D eigenvalue weighted by atomic mass is 32.2. The van der Waals surface area contributed by atoms with Gasteiger partial charge in [-0.15, -0.1) is 23.1 Å². The fourth-order valence-corrected chi connectivity index (χ4v) is 5.11. The molecule has 2 aliphatic rings. The first-order chi connectivity index (χ1) is 10.4. The molecule has 2 aliphatic heterocycles. The van der Waals surface area contributed by atoms with E-state index in [1.807, 2.05) is 6.92 Å². The number of nitrogens with one attached hydrogen (secondary N) is 1. The molecule has 2 amide bonds. The maximum absolute atomic E-state index is 12.4. The average Bonchev–Trinajstić information content (AvgIpc) is 3.13. The molecule has 1 aromatic rings. The van der Waals surface area contributed by atoms with Gasteiger partial charge in [-0.2, -0.15) is 0 Å². The van der Waals surface area contributed by atoms with Crippen molar-refractivity contribution in [2.24, 2.45) is 0 Å². The van der Waals surface area contributed by atoms with E-state index in [0.717, 1.165) is 22.6 Å². The maximum atomic E-state index is 12.4. The summed E-state index contributed by atoms with van der Waals surface area (Å²) < 4.78 is 0. The molecule has 0 aromatic carbocycles. The second kappa shape index (κ2) is 5.58. The van der Waals surface area contributed by atoms with Crippen molar-refractivity contribution in [2.45, 2.75) is 37.2 Å². The van der Waals surface area contributed by atoms with Gasteiger partial charge < -0.3 is 15.3 Å². The Morgan fingerprint density at radius 3 is 2.95 bits per heavy atom. The zero-order chi connectivity index (χ0) is 15.9. The van der Waals surface area contributed by atoms with Gasteiger partial charge in [-0.05, 0) is 25.5 Å². The fourth-order valence-electron chi connectivity index (χ4n) is 2.89. The van der Waals surface area contributed by atoms with Gasteiger partial charge in [-0.1, -0.05) is 0 Å². The third kappa shape index (κ3) is 2.61. The molecule has 2 N–H and O–H groups in total. The van der Waals surface area contributed by atoms with E-state index in [2.05, 4.69) is 5.32 Å². The Bertz CT molecular complexity index is 645. The Hall–Kier alpha value is -1.54. The summed E-state index contributed by atoms with van der Waals surface area (Å²) in [5.74, 6) is -0.485. The predicted molar refractivity (Wildman–Crippen MR) is 83.9 cm³/mol. The number of thiophene rings is 1. The quantitative estimate of drug-likeness (QED) is 0.868.